The van der Waals surface area contributed by atoms with Crippen LogP contribution in [0, 0.1) is 0 Å². The molecule has 6 heteroatoms. The van der Waals surface area contributed by atoms with Crippen molar-refractivity contribution >= 4 is 17.5 Å². The number of hydrogen-bond donors (Lipinski definition) is 1. The number of carbonyl (C=O) groups excluding carboxylic acids is 2. The lowest BCUT2D eigenvalue weighted by atomic mass is 10.0. The first-order valence-corrected chi connectivity index (χ1v) is 10.1. The molecule has 0 fully saturated rings. The third-order valence-electron chi connectivity index (χ3n) is 4.92. The van der Waals surface area contributed by atoms with E-state index in [-0.39, 0.29) is 18.4 Å². The van der Waals surface area contributed by atoms with Crippen molar-refractivity contribution in [3.8, 4) is 5.75 Å². The molecule has 0 heterocycles. The van der Waals surface area contributed by atoms with Crippen molar-refractivity contribution in [2.24, 2.45) is 0 Å². The van der Waals surface area contributed by atoms with E-state index in [2.05, 4.69) is 5.32 Å². The van der Waals surface area contributed by atoms with Crippen LogP contribution in [0.15, 0.2) is 54.6 Å². The summed E-state index contributed by atoms with van der Waals surface area (Å²) in [7, 11) is 1.60. The molecule has 0 aromatic heterocycles. The van der Waals surface area contributed by atoms with Crippen LogP contribution in [0.3, 0.4) is 0 Å². The van der Waals surface area contributed by atoms with E-state index in [0.717, 1.165) is 11.3 Å². The summed E-state index contributed by atoms with van der Waals surface area (Å²) >= 11 is 0. The SMILES string of the molecule is CCN(CC)C(=O)[C@@H](c1ccccc1)N(CC)CC(=O)Nc1ccc(OC)cc1. The minimum Gasteiger partial charge on any atom is -0.497 e. The summed E-state index contributed by atoms with van der Waals surface area (Å²) in [6, 6.07) is 16.3. The van der Waals surface area contributed by atoms with Gasteiger partial charge in [0.25, 0.3) is 0 Å². The van der Waals surface area contributed by atoms with Crippen LogP contribution in [-0.2, 0) is 9.59 Å². The van der Waals surface area contributed by atoms with Gasteiger partial charge in [0.05, 0.1) is 13.7 Å². The molecule has 0 unspecified atom stereocenters. The number of anilines is 1. The molecule has 1 N–H and O–H groups in total. The van der Waals surface area contributed by atoms with E-state index >= 15 is 0 Å². The fraction of sp³-hybridized carbons (Fsp3) is 0.391. The minimum atomic E-state index is -0.497. The van der Waals surface area contributed by atoms with Crippen molar-refractivity contribution < 1.29 is 14.3 Å². The molecule has 1 atom stereocenters. The summed E-state index contributed by atoms with van der Waals surface area (Å²) in [6.45, 7) is 7.86. The van der Waals surface area contributed by atoms with Crippen molar-refractivity contribution in [1.29, 1.82) is 0 Å². The summed E-state index contributed by atoms with van der Waals surface area (Å²) in [6.07, 6.45) is 0. The Labute approximate surface area is 173 Å². The number of benzene rings is 2. The fourth-order valence-electron chi connectivity index (χ4n) is 3.30. The maximum atomic E-state index is 13.3. The molecule has 156 valence electrons. The van der Waals surface area contributed by atoms with Crippen LogP contribution in [0.2, 0.25) is 0 Å². The van der Waals surface area contributed by atoms with Gasteiger partial charge in [0.2, 0.25) is 11.8 Å². The zero-order chi connectivity index (χ0) is 21.2. The number of hydrogen-bond acceptors (Lipinski definition) is 4. The maximum Gasteiger partial charge on any atom is 0.244 e. The highest BCUT2D eigenvalue weighted by atomic mass is 16.5. The lowest BCUT2D eigenvalue weighted by Gasteiger charge is -2.33. The standard InChI is InChI=1S/C23H31N3O3/c1-5-25(6-2)23(28)22(18-11-9-8-10-12-18)26(7-3)17-21(27)24-19-13-15-20(29-4)16-14-19/h8-16,22H,5-7,17H2,1-4H3,(H,24,27)/t22-/m1/s1. The molecular formula is C23H31N3O3. The van der Waals surface area contributed by atoms with Gasteiger partial charge in [-0.25, -0.2) is 0 Å². The monoisotopic (exact) mass is 397 g/mol. The highest BCUT2D eigenvalue weighted by Gasteiger charge is 2.30. The summed E-state index contributed by atoms with van der Waals surface area (Å²) in [5.41, 5.74) is 1.58. The second kappa shape index (κ2) is 11.2. The van der Waals surface area contributed by atoms with Crippen molar-refractivity contribution in [1.82, 2.24) is 9.80 Å². The molecule has 2 rings (SSSR count). The van der Waals surface area contributed by atoms with E-state index in [0.29, 0.717) is 25.3 Å². The van der Waals surface area contributed by atoms with Crippen molar-refractivity contribution in [2.45, 2.75) is 26.8 Å². The summed E-state index contributed by atoms with van der Waals surface area (Å²) in [4.78, 5) is 29.7. The Kier molecular flexibility index (Phi) is 8.68. The molecule has 6 nitrogen and oxygen atoms in total. The number of rotatable bonds is 10. The van der Waals surface area contributed by atoms with E-state index in [1.807, 2.05) is 60.9 Å². The maximum absolute atomic E-state index is 13.3. The van der Waals surface area contributed by atoms with Gasteiger partial charge in [-0.1, -0.05) is 37.3 Å². The highest BCUT2D eigenvalue weighted by molar-refractivity contribution is 5.93. The third-order valence-corrected chi connectivity index (χ3v) is 4.92. The Bertz CT molecular complexity index is 774. The zero-order valence-corrected chi connectivity index (χ0v) is 17.7. The number of ether oxygens (including phenoxy) is 1. The van der Waals surface area contributed by atoms with Gasteiger partial charge in [0.1, 0.15) is 11.8 Å². The van der Waals surface area contributed by atoms with E-state index in [1.54, 1.807) is 31.4 Å². The van der Waals surface area contributed by atoms with E-state index in [1.165, 1.54) is 0 Å². The van der Waals surface area contributed by atoms with Gasteiger partial charge in [0.15, 0.2) is 0 Å². The summed E-state index contributed by atoms with van der Waals surface area (Å²) in [5, 5.41) is 2.90. The minimum absolute atomic E-state index is 0.0142. The van der Waals surface area contributed by atoms with Gasteiger partial charge < -0.3 is 15.0 Å². The molecule has 0 bridgehead atoms. The fourth-order valence-corrected chi connectivity index (χ4v) is 3.30. The van der Waals surface area contributed by atoms with Crippen LogP contribution in [0.25, 0.3) is 0 Å². The van der Waals surface area contributed by atoms with Crippen molar-refractivity contribution in [3.05, 3.63) is 60.2 Å². The predicted molar refractivity (Wildman–Crippen MR) is 116 cm³/mol. The Balaban J connectivity index is 2.20. The lowest BCUT2D eigenvalue weighted by molar-refractivity contribution is -0.137. The number of methoxy groups -OCH3 is 1. The van der Waals surface area contributed by atoms with Gasteiger partial charge in [-0.05, 0) is 50.2 Å². The topological polar surface area (TPSA) is 61.9 Å². The van der Waals surface area contributed by atoms with Gasteiger partial charge in [-0.15, -0.1) is 0 Å². The van der Waals surface area contributed by atoms with Gasteiger partial charge in [0, 0.05) is 18.8 Å². The molecule has 0 aliphatic rings. The molecule has 2 amide bonds. The van der Waals surface area contributed by atoms with Crippen LogP contribution in [-0.4, -0.2) is 54.9 Å². The van der Waals surface area contributed by atoms with Crippen LogP contribution >= 0.6 is 0 Å². The molecule has 0 spiro atoms. The van der Waals surface area contributed by atoms with E-state index in [9.17, 15) is 9.59 Å². The van der Waals surface area contributed by atoms with Crippen molar-refractivity contribution in [3.63, 3.8) is 0 Å². The predicted octanol–water partition coefficient (Wildman–Crippen LogP) is 3.57. The lowest BCUT2D eigenvalue weighted by Crippen LogP contribution is -2.45. The first kappa shape index (κ1) is 22.4. The van der Waals surface area contributed by atoms with Crippen LogP contribution in [0.1, 0.15) is 32.4 Å². The average molecular weight is 398 g/mol. The smallest absolute Gasteiger partial charge is 0.244 e. The quantitative estimate of drug-likeness (QED) is 0.666. The second-order valence-corrected chi connectivity index (χ2v) is 6.66. The third kappa shape index (κ3) is 6.06. The molecule has 2 aromatic carbocycles. The molecule has 0 saturated carbocycles. The molecule has 0 aliphatic carbocycles. The Morgan fingerprint density at radius 1 is 0.931 bits per heavy atom. The largest absolute Gasteiger partial charge is 0.497 e. The normalized spacial score (nSPS) is 11.8. The van der Waals surface area contributed by atoms with E-state index in [4.69, 9.17) is 4.74 Å². The first-order chi connectivity index (χ1) is 14.0. The van der Waals surface area contributed by atoms with E-state index < -0.39 is 6.04 Å². The highest BCUT2D eigenvalue weighted by Crippen LogP contribution is 2.23. The van der Waals surface area contributed by atoms with Crippen molar-refractivity contribution in [2.75, 3.05) is 38.6 Å². The average Bonchev–Trinajstić information content (AvgIpc) is 2.75. The number of amides is 2. The van der Waals surface area contributed by atoms with Crippen LogP contribution < -0.4 is 10.1 Å². The molecule has 0 saturated heterocycles. The molecule has 29 heavy (non-hydrogen) atoms. The molecule has 2 aromatic rings. The zero-order valence-electron chi connectivity index (χ0n) is 17.7. The van der Waals surface area contributed by atoms with Crippen LogP contribution in [0.4, 0.5) is 5.69 Å². The number of nitrogens with one attached hydrogen (secondary N) is 1. The number of carbonyl (C=O) groups is 2. The number of nitrogens with zero attached hydrogens (tertiary/aromatic N) is 2. The second-order valence-electron chi connectivity index (χ2n) is 6.66. The van der Waals surface area contributed by atoms with Gasteiger partial charge in [-0.3, -0.25) is 14.5 Å². The molecule has 0 radical (unpaired) electrons. The Morgan fingerprint density at radius 2 is 1.55 bits per heavy atom. The first-order valence-electron chi connectivity index (χ1n) is 10.1. The summed E-state index contributed by atoms with van der Waals surface area (Å²) < 4.78 is 5.14. The Hall–Kier alpha value is -2.86. The van der Waals surface area contributed by atoms with Crippen LogP contribution in [0.5, 0.6) is 5.75 Å². The van der Waals surface area contributed by atoms with Gasteiger partial charge >= 0.3 is 0 Å². The van der Waals surface area contributed by atoms with Gasteiger partial charge in [-0.2, -0.15) is 0 Å². The summed E-state index contributed by atoms with van der Waals surface area (Å²) in [5.74, 6) is 0.581. The Morgan fingerprint density at radius 3 is 2.07 bits per heavy atom. The molecule has 0 aliphatic heterocycles. The molecular weight excluding hydrogens is 366 g/mol. The number of likely N-dealkylation sites (N-methyl/N-ethyl adjacent to an activating group) is 2.